The lowest BCUT2D eigenvalue weighted by Crippen LogP contribution is -2.54. The summed E-state index contributed by atoms with van der Waals surface area (Å²) in [7, 11) is 0. The molecule has 2 atom stereocenters. The van der Waals surface area contributed by atoms with Crippen LogP contribution in [0.3, 0.4) is 0 Å². The predicted molar refractivity (Wildman–Crippen MR) is 165 cm³/mol. The number of fused-ring (bicyclic) bond motifs is 1. The van der Waals surface area contributed by atoms with Gasteiger partial charge in [0.25, 0.3) is 11.8 Å². The molecule has 2 aliphatic heterocycles. The zero-order chi connectivity index (χ0) is 28.9. The van der Waals surface area contributed by atoms with E-state index in [-0.39, 0.29) is 30.0 Å². The molecule has 3 aliphatic rings. The van der Waals surface area contributed by atoms with Crippen LogP contribution < -0.4 is 5.32 Å². The van der Waals surface area contributed by atoms with E-state index in [0.717, 1.165) is 69.3 Å². The average Bonchev–Trinajstić information content (AvgIpc) is 3.01. The maximum Gasteiger partial charge on any atom is 0.289 e. The summed E-state index contributed by atoms with van der Waals surface area (Å²) in [5, 5.41) is 3.22. The second kappa shape index (κ2) is 13.0. The summed E-state index contributed by atoms with van der Waals surface area (Å²) in [6.07, 6.45) is 7.94. The fraction of sp³-hybridized carbons (Fsp3) is 0.389. The number of piperidine rings is 1. The van der Waals surface area contributed by atoms with Crippen molar-refractivity contribution in [1.82, 2.24) is 15.1 Å². The second-order valence-electron chi connectivity index (χ2n) is 12.1. The Balaban J connectivity index is 1.07. The van der Waals surface area contributed by atoms with Crippen LogP contribution in [0.1, 0.15) is 71.1 Å². The Kier molecular flexibility index (Phi) is 8.71. The van der Waals surface area contributed by atoms with Crippen molar-refractivity contribution in [3.05, 3.63) is 112 Å². The summed E-state index contributed by atoms with van der Waals surface area (Å²) < 4.78 is 6.31. The normalized spacial score (nSPS) is 22.5. The van der Waals surface area contributed by atoms with Crippen LogP contribution >= 0.6 is 0 Å². The summed E-state index contributed by atoms with van der Waals surface area (Å²) in [5.74, 6) is 0.292. The maximum atomic E-state index is 13.7. The molecule has 6 nitrogen and oxygen atoms in total. The molecule has 0 aromatic heterocycles. The fourth-order valence-corrected chi connectivity index (χ4v) is 6.60. The third kappa shape index (κ3) is 6.76. The first kappa shape index (κ1) is 28.2. The van der Waals surface area contributed by atoms with E-state index in [2.05, 4.69) is 65.7 Å². The number of carbonyl (C=O) groups excluding carboxylic acids is 2. The van der Waals surface area contributed by atoms with Gasteiger partial charge in [0, 0.05) is 37.8 Å². The number of hydrogen-bond donors (Lipinski definition) is 1. The van der Waals surface area contributed by atoms with Gasteiger partial charge < -0.3 is 15.0 Å². The van der Waals surface area contributed by atoms with Gasteiger partial charge in [0.1, 0.15) is 6.10 Å². The number of hydrogen-bond acceptors (Lipinski definition) is 4. The first-order valence-corrected chi connectivity index (χ1v) is 15.4. The molecule has 2 saturated heterocycles. The van der Waals surface area contributed by atoms with Crippen LogP contribution in [0.2, 0.25) is 0 Å². The van der Waals surface area contributed by atoms with E-state index in [1.807, 2.05) is 41.3 Å². The molecule has 0 bridgehead atoms. The van der Waals surface area contributed by atoms with E-state index in [1.54, 1.807) is 0 Å². The third-order valence-corrected chi connectivity index (χ3v) is 8.90. The van der Waals surface area contributed by atoms with E-state index in [9.17, 15) is 9.59 Å². The predicted octanol–water partition coefficient (Wildman–Crippen LogP) is 6.10. The number of carbonyl (C=O) groups is 2. The fourth-order valence-electron chi connectivity index (χ4n) is 6.60. The quantitative estimate of drug-likeness (QED) is 0.353. The van der Waals surface area contributed by atoms with Crippen molar-refractivity contribution in [1.29, 1.82) is 0 Å². The lowest BCUT2D eigenvalue weighted by molar-refractivity contribution is -0.149. The monoisotopic (exact) mass is 563 g/mol. The van der Waals surface area contributed by atoms with Crippen molar-refractivity contribution in [3.8, 4) is 0 Å². The average molecular weight is 564 g/mol. The van der Waals surface area contributed by atoms with Crippen LogP contribution in [0.25, 0.3) is 6.08 Å². The molecule has 218 valence electrons. The van der Waals surface area contributed by atoms with Gasteiger partial charge in [-0.05, 0) is 73.9 Å². The highest BCUT2D eigenvalue weighted by molar-refractivity contribution is 5.97. The van der Waals surface area contributed by atoms with Crippen LogP contribution in [0.15, 0.2) is 84.6 Å². The molecule has 1 saturated carbocycles. The Labute approximate surface area is 249 Å². The molecule has 0 spiro atoms. The van der Waals surface area contributed by atoms with Gasteiger partial charge in [-0.2, -0.15) is 0 Å². The molecule has 42 heavy (non-hydrogen) atoms. The van der Waals surface area contributed by atoms with E-state index >= 15 is 0 Å². The molecule has 6 rings (SSSR count). The van der Waals surface area contributed by atoms with Crippen molar-refractivity contribution in [2.45, 2.75) is 76.7 Å². The van der Waals surface area contributed by atoms with Gasteiger partial charge in [-0.3, -0.25) is 14.5 Å². The maximum absolute atomic E-state index is 13.7. The molecule has 2 unspecified atom stereocenters. The molecule has 3 aromatic carbocycles. The molecule has 3 fully saturated rings. The molecular formula is C36H41N3O3. The lowest BCUT2D eigenvalue weighted by Gasteiger charge is -2.44. The third-order valence-electron chi connectivity index (χ3n) is 8.90. The Hall–Kier alpha value is -3.90. The molecule has 3 aromatic rings. The Morgan fingerprint density at radius 2 is 1.62 bits per heavy atom. The second-order valence-corrected chi connectivity index (χ2v) is 12.1. The highest BCUT2D eigenvalue weighted by Crippen LogP contribution is 2.34. The molecule has 6 heteroatoms. The number of amides is 2. The van der Waals surface area contributed by atoms with Crippen LogP contribution in [0.4, 0.5) is 0 Å². The zero-order valence-electron chi connectivity index (χ0n) is 24.5. The minimum Gasteiger partial charge on any atom is -0.482 e. The molecule has 2 heterocycles. The molecular weight excluding hydrogens is 522 g/mol. The van der Waals surface area contributed by atoms with Crippen molar-refractivity contribution in [2.75, 3.05) is 13.1 Å². The highest BCUT2D eigenvalue weighted by Gasteiger charge is 2.41. The number of rotatable bonds is 7. The van der Waals surface area contributed by atoms with Gasteiger partial charge in [0.2, 0.25) is 0 Å². The van der Waals surface area contributed by atoms with Crippen LogP contribution in [-0.2, 0) is 22.6 Å². The van der Waals surface area contributed by atoms with Gasteiger partial charge in [0.05, 0.1) is 6.04 Å². The van der Waals surface area contributed by atoms with Gasteiger partial charge in [-0.15, -0.1) is 0 Å². The number of morpholine rings is 1. The van der Waals surface area contributed by atoms with Gasteiger partial charge in [-0.1, -0.05) is 78.7 Å². The Morgan fingerprint density at radius 3 is 2.38 bits per heavy atom. The van der Waals surface area contributed by atoms with Crippen LogP contribution in [0.5, 0.6) is 0 Å². The number of nitrogens with zero attached hydrogens (tertiary/aromatic N) is 2. The van der Waals surface area contributed by atoms with Crippen molar-refractivity contribution < 1.29 is 14.3 Å². The SMILES string of the molecule is Cc1cccc(CN2C(=O)/C(=C\c3ccc(C(=O)NC4CCN(Cc5ccccc5)CC4)cc3)OC3CCCCC32)c1. The minimum absolute atomic E-state index is 0.0247. The van der Waals surface area contributed by atoms with Crippen LogP contribution in [0, 0.1) is 6.92 Å². The molecule has 2 amide bonds. The Morgan fingerprint density at radius 1 is 0.881 bits per heavy atom. The number of aryl methyl sites for hydroxylation is 1. The van der Waals surface area contributed by atoms with Crippen LogP contribution in [-0.4, -0.2) is 52.9 Å². The number of nitrogens with one attached hydrogen (secondary N) is 1. The van der Waals surface area contributed by atoms with Crippen molar-refractivity contribution in [2.24, 2.45) is 0 Å². The largest absolute Gasteiger partial charge is 0.482 e. The number of benzene rings is 3. The summed E-state index contributed by atoms with van der Waals surface area (Å²) >= 11 is 0. The van der Waals surface area contributed by atoms with E-state index in [4.69, 9.17) is 4.74 Å². The van der Waals surface area contributed by atoms with Crippen molar-refractivity contribution in [3.63, 3.8) is 0 Å². The van der Waals surface area contributed by atoms with E-state index in [1.165, 1.54) is 11.1 Å². The van der Waals surface area contributed by atoms with Gasteiger partial charge >= 0.3 is 0 Å². The molecule has 1 N–H and O–H groups in total. The first-order chi connectivity index (χ1) is 20.5. The Bertz CT molecular complexity index is 1410. The standard InChI is InChI=1S/C36H41N3O3/c1-26-8-7-11-29(22-26)25-39-32-12-5-6-13-33(32)42-34(36(39)41)23-27-14-16-30(17-15-27)35(40)37-31-18-20-38(21-19-31)24-28-9-3-2-4-10-28/h2-4,7-11,14-17,22-23,31-33H,5-6,12-13,18-21,24-25H2,1H3,(H,37,40)/b34-23+. The minimum atomic E-state index is -0.0555. The van der Waals surface area contributed by atoms with E-state index in [0.29, 0.717) is 17.9 Å². The summed E-state index contributed by atoms with van der Waals surface area (Å²) in [6.45, 7) is 5.58. The summed E-state index contributed by atoms with van der Waals surface area (Å²) in [5.41, 5.74) is 5.16. The van der Waals surface area contributed by atoms with E-state index < -0.39 is 0 Å². The topological polar surface area (TPSA) is 61.9 Å². The number of likely N-dealkylation sites (tertiary alicyclic amines) is 1. The van der Waals surface area contributed by atoms with Crippen molar-refractivity contribution >= 4 is 17.9 Å². The zero-order valence-corrected chi connectivity index (χ0v) is 24.5. The van der Waals surface area contributed by atoms with Gasteiger partial charge in [0.15, 0.2) is 5.76 Å². The molecule has 0 radical (unpaired) electrons. The summed E-state index contributed by atoms with van der Waals surface area (Å²) in [6, 6.07) is 26.7. The highest BCUT2D eigenvalue weighted by atomic mass is 16.5. The summed E-state index contributed by atoms with van der Waals surface area (Å²) in [4.78, 5) is 31.1. The smallest absolute Gasteiger partial charge is 0.289 e. The lowest BCUT2D eigenvalue weighted by atomic mass is 9.89. The molecule has 1 aliphatic carbocycles. The number of ether oxygens (including phenoxy) is 1. The first-order valence-electron chi connectivity index (χ1n) is 15.4. The van der Waals surface area contributed by atoms with Gasteiger partial charge in [-0.25, -0.2) is 0 Å².